The molecule has 12 heteroatoms. The molecule has 4 radical (unpaired) electrons. The van der Waals surface area contributed by atoms with Crippen LogP contribution in [0.15, 0.2) is 258 Å². The molecule has 0 spiro atoms. The zero-order valence-electron chi connectivity index (χ0n) is 61.5. The second-order valence-electron chi connectivity index (χ2n) is 19.4. The standard InChI is InChI=1S/2C36H22N4.8C2H6.4Y/c1-3-10-33-29(6-1)20-35(39-33)27-16-12-25(13-17-27)23-37-31-8-5-9-32(22-31)38-24-26-14-18-28(19-15-26)36-21-30-7-2-4-11-34(30)40-36;1-3-7-33-29(5-1)21-35(39-33)27-13-9-25(10-14-27)23-37-31-17-19-32(20-18-31)38-24-26-11-15-28(16-12-26)36-22-30-6-2-4-8-34(30)40-36;8*1-2;;;;/h1-7,10-19,22H,20-21H2;1-17,20H,21-22H2;8*1-2H3;;;;/q2*-4;;;;;;;;;;;;. The molecule has 0 fully saturated rings. The van der Waals surface area contributed by atoms with E-state index in [0.717, 1.165) is 116 Å². The maximum absolute atomic E-state index is 4.77. The summed E-state index contributed by atoms with van der Waals surface area (Å²) in [7, 11) is 0. The van der Waals surface area contributed by atoms with E-state index in [1.807, 2.05) is 190 Å². The molecule has 100 heavy (non-hydrogen) atoms. The Bertz CT molecular complexity index is 3940. The van der Waals surface area contributed by atoms with Crippen molar-refractivity contribution in [1.29, 1.82) is 0 Å². The Morgan fingerprint density at radius 3 is 0.680 bits per heavy atom. The van der Waals surface area contributed by atoms with Gasteiger partial charge in [-0.3, -0.25) is 49.5 Å². The van der Waals surface area contributed by atoms with Gasteiger partial charge in [-0.1, -0.05) is 232 Å². The van der Waals surface area contributed by atoms with E-state index < -0.39 is 0 Å². The smallest absolute Gasteiger partial charge is 0.0669 e. The predicted molar refractivity (Wildman–Crippen MR) is 415 cm³/mol. The fourth-order valence-electron chi connectivity index (χ4n) is 9.68. The van der Waals surface area contributed by atoms with Gasteiger partial charge in [0.25, 0.3) is 0 Å². The van der Waals surface area contributed by atoms with Crippen molar-refractivity contribution < 1.29 is 131 Å². The maximum Gasteiger partial charge on any atom is 0.0669 e. The molecule has 14 rings (SSSR count). The van der Waals surface area contributed by atoms with Crippen LogP contribution >= 0.6 is 0 Å². The van der Waals surface area contributed by atoms with Crippen molar-refractivity contribution in [3.63, 3.8) is 0 Å². The summed E-state index contributed by atoms with van der Waals surface area (Å²) in [5, 5.41) is 0. The van der Waals surface area contributed by atoms with Gasteiger partial charge in [0.1, 0.15) is 0 Å². The fourth-order valence-corrected chi connectivity index (χ4v) is 9.68. The number of hydrogen-bond acceptors (Lipinski definition) is 8. The van der Waals surface area contributed by atoms with Gasteiger partial charge in [-0.2, -0.15) is 11.4 Å². The normalized spacial score (nSPS) is 11.6. The maximum atomic E-state index is 4.77. The molecule has 0 saturated carbocycles. The number of rotatable bonds is 12. The zero-order valence-corrected chi connectivity index (χ0v) is 72.9. The van der Waals surface area contributed by atoms with Crippen molar-refractivity contribution in [3.8, 4) is 0 Å². The first kappa shape index (κ1) is 92.0. The van der Waals surface area contributed by atoms with Gasteiger partial charge in [-0.15, -0.1) is 70.8 Å². The Kier molecular flexibility index (Phi) is 48.6. The molecule has 0 saturated heterocycles. The van der Waals surface area contributed by atoms with Crippen LogP contribution < -0.4 is 0 Å². The van der Waals surface area contributed by atoms with E-state index >= 15 is 0 Å². The minimum Gasteiger partial charge on any atom is -0.402 e. The summed E-state index contributed by atoms with van der Waals surface area (Å²) in [6.07, 6.45) is 15.8. The summed E-state index contributed by atoms with van der Waals surface area (Å²) >= 11 is 0. The van der Waals surface area contributed by atoms with Gasteiger partial charge in [-0.05, 0) is 93.6 Å². The molecule has 4 aliphatic rings. The monoisotopic (exact) mass is 1620 g/mol. The average Bonchev–Trinajstić information content (AvgIpc) is 1.68. The van der Waals surface area contributed by atoms with E-state index in [-0.39, 0.29) is 131 Å². The molecule has 4 aliphatic heterocycles. The Balaban J connectivity index is 0.000000807. The minimum absolute atomic E-state index is 0. The van der Waals surface area contributed by atoms with Crippen LogP contribution in [0.4, 0.5) is 45.5 Å². The van der Waals surface area contributed by atoms with Crippen LogP contribution in [-0.4, -0.2) is 47.7 Å². The van der Waals surface area contributed by atoms with Crippen LogP contribution in [0.2, 0.25) is 0 Å². The third kappa shape index (κ3) is 27.6. The van der Waals surface area contributed by atoms with Crippen LogP contribution in [0.5, 0.6) is 0 Å². The first-order valence-corrected chi connectivity index (χ1v) is 34.3. The van der Waals surface area contributed by atoms with E-state index in [4.69, 9.17) is 20.0 Å². The topological polar surface area (TPSA) is 98.9 Å². The van der Waals surface area contributed by atoms with Gasteiger partial charge in [0.15, 0.2) is 0 Å². The molecule has 0 N–H and O–H groups in total. The molecular weight excluding hydrogens is 1520 g/mol. The number of nitrogens with zero attached hydrogens (tertiary/aromatic N) is 8. The quantitative estimate of drug-likeness (QED) is 0.0860. The third-order valence-corrected chi connectivity index (χ3v) is 13.9. The van der Waals surface area contributed by atoms with Crippen molar-refractivity contribution in [1.82, 2.24) is 0 Å². The summed E-state index contributed by atoms with van der Waals surface area (Å²) in [5.74, 6) is 0. The first-order chi connectivity index (χ1) is 47.5. The van der Waals surface area contributed by atoms with Crippen molar-refractivity contribution in [2.45, 2.75) is 136 Å². The zero-order chi connectivity index (χ0) is 69.5. The Hall–Kier alpha value is -6.02. The van der Waals surface area contributed by atoms with Gasteiger partial charge >= 0.3 is 0 Å². The van der Waals surface area contributed by atoms with Crippen molar-refractivity contribution in [2.75, 3.05) is 0 Å². The second-order valence-corrected chi connectivity index (χ2v) is 19.4. The summed E-state index contributed by atoms with van der Waals surface area (Å²) in [6.45, 7) is 32.0. The first-order valence-electron chi connectivity index (χ1n) is 34.3. The molecule has 10 aromatic rings. The van der Waals surface area contributed by atoms with Crippen molar-refractivity contribution in [3.05, 3.63) is 309 Å². The Morgan fingerprint density at radius 1 is 0.260 bits per heavy atom. The van der Waals surface area contributed by atoms with Crippen molar-refractivity contribution >= 4 is 93.2 Å². The number of para-hydroxylation sites is 4. The van der Waals surface area contributed by atoms with E-state index in [9.17, 15) is 0 Å². The predicted octanol–water partition coefficient (Wildman–Crippen LogP) is 24.0. The van der Waals surface area contributed by atoms with Gasteiger partial charge in [-0.25, -0.2) is 6.07 Å². The van der Waals surface area contributed by atoms with Crippen LogP contribution in [0.3, 0.4) is 0 Å². The molecule has 0 unspecified atom stereocenters. The Labute approximate surface area is 701 Å². The molecular formula is C88H92N8Y4-8. The molecule has 0 aliphatic carbocycles. The summed E-state index contributed by atoms with van der Waals surface area (Å²) in [4.78, 5) is 36.8. The third-order valence-electron chi connectivity index (χ3n) is 13.9. The van der Waals surface area contributed by atoms with E-state index in [0.29, 0.717) is 22.7 Å². The molecule has 0 aromatic heterocycles. The van der Waals surface area contributed by atoms with Crippen molar-refractivity contribution in [2.24, 2.45) is 39.9 Å². The number of benzene rings is 10. The minimum atomic E-state index is 0. The van der Waals surface area contributed by atoms with Crippen LogP contribution in [0, 0.1) is 24.3 Å². The summed E-state index contributed by atoms with van der Waals surface area (Å²) < 4.78 is 0. The molecule has 4 heterocycles. The van der Waals surface area contributed by atoms with Gasteiger partial charge < -0.3 is 44.2 Å². The van der Waals surface area contributed by atoms with Crippen LogP contribution in [-0.2, 0) is 157 Å². The van der Waals surface area contributed by atoms with Crippen LogP contribution in [0.25, 0.3) is 0 Å². The van der Waals surface area contributed by atoms with Crippen LogP contribution in [0.1, 0.15) is 178 Å². The summed E-state index contributed by atoms with van der Waals surface area (Å²) in [5.41, 5.74) is 24.2. The fraction of sp³-hybridized carbons (Fsp3) is 0.227. The van der Waals surface area contributed by atoms with Gasteiger partial charge in [0.05, 0.1) is 45.6 Å². The largest absolute Gasteiger partial charge is 0.402 e. The molecule has 10 aromatic carbocycles. The van der Waals surface area contributed by atoms with E-state index in [1.165, 1.54) is 22.3 Å². The molecule has 0 atom stereocenters. The molecule has 0 amide bonds. The van der Waals surface area contributed by atoms with Gasteiger partial charge in [0, 0.05) is 157 Å². The van der Waals surface area contributed by atoms with E-state index in [1.54, 1.807) is 18.2 Å². The average molecular weight is 1620 g/mol. The SMILES string of the molecule is CC.CC.CC.CC.CC.CC.CC.CC.[C-](=Nc1[c-]c[c-]c(N=[C-]c2ccc(C3=Nc4ccccc4C3)cc2)c1)c1ccc(C2=Nc3ccccc3C2)cc1.[C-](=Nc1[c-]cc(N=[C-]c2ccc(C3=Nc4ccccc4C3)cc2)[c-]c1)c1ccc(C2=Nc3ccccc3C2)cc1.[Y].[Y].[Y].[Y]. The molecule has 504 valence electrons. The Morgan fingerprint density at radius 2 is 0.470 bits per heavy atom. The second kappa shape index (κ2) is 52.9. The summed E-state index contributed by atoms with van der Waals surface area (Å²) in [6, 6.07) is 85.1. The van der Waals surface area contributed by atoms with Gasteiger partial charge in [0.2, 0.25) is 0 Å². The van der Waals surface area contributed by atoms with E-state index in [2.05, 4.69) is 190 Å². The number of fused-ring (bicyclic) bond motifs is 4. The molecule has 0 bridgehead atoms. The number of aliphatic imine (C=N–C) groups is 8. The molecule has 8 nitrogen and oxygen atoms in total. The number of hydrogen-bond donors (Lipinski definition) is 0.